The minimum absolute atomic E-state index is 0.675. The Hall–Kier alpha value is -0.580. The first-order chi connectivity index (χ1) is 9.11. The summed E-state index contributed by atoms with van der Waals surface area (Å²) in [7, 11) is 2.21. The summed E-state index contributed by atoms with van der Waals surface area (Å²) in [5.74, 6) is 0. The SMILES string of the molecule is CCN1CCC(N(C)Cc2c(N)cccc2Br)CC1. The molecule has 19 heavy (non-hydrogen) atoms. The first-order valence-electron chi connectivity index (χ1n) is 7.07. The molecule has 0 aliphatic carbocycles. The Labute approximate surface area is 124 Å². The minimum atomic E-state index is 0.675. The largest absolute Gasteiger partial charge is 0.398 e. The highest BCUT2D eigenvalue weighted by molar-refractivity contribution is 9.10. The molecule has 0 amide bonds. The third-order valence-corrected chi connectivity index (χ3v) is 4.93. The fraction of sp³-hybridized carbons (Fsp3) is 0.600. The van der Waals surface area contributed by atoms with Crippen molar-refractivity contribution in [1.82, 2.24) is 9.80 Å². The van der Waals surface area contributed by atoms with Crippen LogP contribution >= 0.6 is 15.9 Å². The number of piperidine rings is 1. The van der Waals surface area contributed by atoms with Gasteiger partial charge >= 0.3 is 0 Å². The quantitative estimate of drug-likeness (QED) is 0.864. The van der Waals surface area contributed by atoms with E-state index in [4.69, 9.17) is 5.73 Å². The van der Waals surface area contributed by atoms with Gasteiger partial charge in [-0.25, -0.2) is 0 Å². The number of likely N-dealkylation sites (tertiary alicyclic amines) is 1. The molecule has 1 aliphatic heterocycles. The van der Waals surface area contributed by atoms with Crippen molar-refractivity contribution in [3.63, 3.8) is 0 Å². The normalized spacial score (nSPS) is 18.1. The van der Waals surface area contributed by atoms with Crippen molar-refractivity contribution in [3.8, 4) is 0 Å². The van der Waals surface area contributed by atoms with Crippen LogP contribution < -0.4 is 5.73 Å². The summed E-state index contributed by atoms with van der Waals surface area (Å²) in [6.45, 7) is 6.78. The molecule has 0 aromatic heterocycles. The molecule has 1 aromatic carbocycles. The van der Waals surface area contributed by atoms with E-state index in [1.54, 1.807) is 0 Å². The van der Waals surface area contributed by atoms with Gasteiger partial charge < -0.3 is 10.6 Å². The Balaban J connectivity index is 1.96. The van der Waals surface area contributed by atoms with Crippen LogP contribution in [0.4, 0.5) is 5.69 Å². The molecule has 1 fully saturated rings. The van der Waals surface area contributed by atoms with Gasteiger partial charge in [-0.3, -0.25) is 4.90 Å². The Bertz CT molecular complexity index is 394. The lowest BCUT2D eigenvalue weighted by molar-refractivity contribution is 0.127. The highest BCUT2D eigenvalue weighted by Gasteiger charge is 2.22. The van der Waals surface area contributed by atoms with E-state index < -0.39 is 0 Å². The zero-order valence-electron chi connectivity index (χ0n) is 11.9. The Morgan fingerprint density at radius 1 is 1.37 bits per heavy atom. The van der Waals surface area contributed by atoms with E-state index in [0.717, 1.165) is 16.7 Å². The minimum Gasteiger partial charge on any atom is -0.398 e. The van der Waals surface area contributed by atoms with Crippen LogP contribution in [0.5, 0.6) is 0 Å². The summed E-state index contributed by atoms with van der Waals surface area (Å²) < 4.78 is 1.12. The van der Waals surface area contributed by atoms with Crippen molar-refractivity contribution in [2.24, 2.45) is 0 Å². The predicted octanol–water partition coefficient (Wildman–Crippen LogP) is 2.95. The summed E-state index contributed by atoms with van der Waals surface area (Å²) in [5, 5.41) is 0. The van der Waals surface area contributed by atoms with Gasteiger partial charge in [0, 0.05) is 28.3 Å². The predicted molar refractivity (Wildman–Crippen MR) is 85.2 cm³/mol. The smallest absolute Gasteiger partial charge is 0.0371 e. The molecule has 106 valence electrons. The van der Waals surface area contributed by atoms with Crippen LogP contribution in [-0.2, 0) is 6.54 Å². The average molecular weight is 326 g/mol. The lowest BCUT2D eigenvalue weighted by Gasteiger charge is -2.36. The fourth-order valence-corrected chi connectivity index (χ4v) is 3.30. The highest BCUT2D eigenvalue weighted by atomic mass is 79.9. The third kappa shape index (κ3) is 3.71. The van der Waals surface area contributed by atoms with Crippen molar-refractivity contribution in [2.45, 2.75) is 32.4 Å². The molecule has 2 rings (SSSR count). The first-order valence-corrected chi connectivity index (χ1v) is 7.86. The van der Waals surface area contributed by atoms with Gasteiger partial charge in [-0.15, -0.1) is 0 Å². The second-order valence-corrected chi connectivity index (χ2v) is 6.24. The molecule has 1 saturated heterocycles. The molecule has 1 aliphatic rings. The number of rotatable bonds is 4. The van der Waals surface area contributed by atoms with Gasteiger partial charge in [-0.1, -0.05) is 28.9 Å². The van der Waals surface area contributed by atoms with Crippen LogP contribution in [0.1, 0.15) is 25.3 Å². The molecular weight excluding hydrogens is 302 g/mol. The van der Waals surface area contributed by atoms with E-state index in [2.05, 4.69) is 45.8 Å². The van der Waals surface area contributed by atoms with E-state index in [-0.39, 0.29) is 0 Å². The zero-order chi connectivity index (χ0) is 13.8. The number of nitrogen functional groups attached to an aromatic ring is 1. The molecule has 0 atom stereocenters. The van der Waals surface area contributed by atoms with E-state index in [1.165, 1.54) is 38.0 Å². The van der Waals surface area contributed by atoms with Crippen LogP contribution in [0.25, 0.3) is 0 Å². The molecule has 0 bridgehead atoms. The number of nitrogens with zero attached hydrogens (tertiary/aromatic N) is 2. The van der Waals surface area contributed by atoms with Crippen LogP contribution in [-0.4, -0.2) is 42.5 Å². The van der Waals surface area contributed by atoms with Crippen molar-refractivity contribution < 1.29 is 0 Å². The van der Waals surface area contributed by atoms with Crippen molar-refractivity contribution in [1.29, 1.82) is 0 Å². The molecule has 0 unspecified atom stereocenters. The summed E-state index contributed by atoms with van der Waals surface area (Å²) in [4.78, 5) is 4.97. The van der Waals surface area contributed by atoms with Crippen LogP contribution in [0.15, 0.2) is 22.7 Å². The van der Waals surface area contributed by atoms with Gasteiger partial charge in [0.25, 0.3) is 0 Å². The Kier molecular flexibility index (Phi) is 5.25. The standard InChI is InChI=1S/C15H24BrN3/c1-3-19-9-7-12(8-10-19)18(2)11-13-14(16)5-4-6-15(13)17/h4-6,12H,3,7-11,17H2,1-2H3. The van der Waals surface area contributed by atoms with Crippen molar-refractivity contribution in [2.75, 3.05) is 32.4 Å². The number of benzene rings is 1. The second-order valence-electron chi connectivity index (χ2n) is 5.39. The molecule has 0 radical (unpaired) electrons. The Morgan fingerprint density at radius 3 is 2.63 bits per heavy atom. The average Bonchev–Trinajstić information content (AvgIpc) is 2.43. The monoisotopic (exact) mass is 325 g/mol. The zero-order valence-corrected chi connectivity index (χ0v) is 13.5. The topological polar surface area (TPSA) is 32.5 Å². The second kappa shape index (κ2) is 6.73. The summed E-state index contributed by atoms with van der Waals surface area (Å²) in [6.07, 6.45) is 2.52. The molecule has 0 saturated carbocycles. The number of halogens is 1. The molecule has 4 heteroatoms. The molecule has 1 heterocycles. The van der Waals surface area contributed by atoms with Crippen LogP contribution in [0.3, 0.4) is 0 Å². The number of hydrogen-bond donors (Lipinski definition) is 1. The maximum atomic E-state index is 6.08. The van der Waals surface area contributed by atoms with Gasteiger partial charge in [0.1, 0.15) is 0 Å². The molecule has 0 spiro atoms. The maximum Gasteiger partial charge on any atom is 0.0371 e. The molecule has 2 N–H and O–H groups in total. The maximum absolute atomic E-state index is 6.08. The van der Waals surface area contributed by atoms with E-state index in [9.17, 15) is 0 Å². The van der Waals surface area contributed by atoms with Crippen molar-refractivity contribution >= 4 is 21.6 Å². The molecule has 3 nitrogen and oxygen atoms in total. The van der Waals surface area contributed by atoms with Crippen LogP contribution in [0.2, 0.25) is 0 Å². The van der Waals surface area contributed by atoms with Gasteiger partial charge in [-0.05, 0) is 51.7 Å². The molecule has 1 aromatic rings. The van der Waals surface area contributed by atoms with Crippen molar-refractivity contribution in [3.05, 3.63) is 28.2 Å². The lowest BCUT2D eigenvalue weighted by Crippen LogP contribution is -2.43. The van der Waals surface area contributed by atoms with E-state index >= 15 is 0 Å². The first kappa shape index (κ1) is 14.8. The summed E-state index contributed by atoms with van der Waals surface area (Å²) in [5.41, 5.74) is 8.17. The molecular formula is C15H24BrN3. The van der Waals surface area contributed by atoms with Crippen LogP contribution in [0, 0.1) is 0 Å². The van der Waals surface area contributed by atoms with Gasteiger partial charge in [0.05, 0.1) is 0 Å². The van der Waals surface area contributed by atoms with E-state index in [1.807, 2.05) is 12.1 Å². The third-order valence-electron chi connectivity index (χ3n) is 4.19. The highest BCUT2D eigenvalue weighted by Crippen LogP contribution is 2.26. The fourth-order valence-electron chi connectivity index (χ4n) is 2.80. The van der Waals surface area contributed by atoms with Gasteiger partial charge in [-0.2, -0.15) is 0 Å². The lowest BCUT2D eigenvalue weighted by atomic mass is 10.0. The van der Waals surface area contributed by atoms with Gasteiger partial charge in [0.2, 0.25) is 0 Å². The summed E-state index contributed by atoms with van der Waals surface area (Å²) >= 11 is 3.61. The number of nitrogens with two attached hydrogens (primary N) is 1. The number of hydrogen-bond acceptors (Lipinski definition) is 3. The summed E-state index contributed by atoms with van der Waals surface area (Å²) in [6, 6.07) is 6.71. The number of anilines is 1. The Morgan fingerprint density at radius 2 is 2.05 bits per heavy atom. The van der Waals surface area contributed by atoms with Gasteiger partial charge in [0.15, 0.2) is 0 Å². The van der Waals surface area contributed by atoms with E-state index in [0.29, 0.717) is 6.04 Å².